The minimum atomic E-state index is -0.944. The van der Waals surface area contributed by atoms with Crippen LogP contribution in [0, 0.1) is 17.0 Å². The molecular weight excluding hydrogens is 410 g/mol. The minimum Gasteiger partial charge on any atom is -0.465 e. The first kappa shape index (κ1) is 24.7. The van der Waals surface area contributed by atoms with Crippen LogP contribution in [-0.2, 0) is 6.54 Å². The molecule has 1 aromatic carbocycles. The summed E-state index contributed by atoms with van der Waals surface area (Å²) in [4.78, 5) is 27.6. The van der Waals surface area contributed by atoms with Gasteiger partial charge in [-0.05, 0) is 43.2 Å². The number of pyridine rings is 1. The summed E-state index contributed by atoms with van der Waals surface area (Å²) >= 11 is 5.70. The molecule has 1 amide bonds. The van der Waals surface area contributed by atoms with Crippen LogP contribution in [-0.4, -0.2) is 46.6 Å². The maximum Gasteiger partial charge on any atom is 0.411 e. The number of nitro groups is 1. The second-order valence-electron chi connectivity index (χ2n) is 6.23. The van der Waals surface area contributed by atoms with Gasteiger partial charge in [0.2, 0.25) is 0 Å². The molecule has 0 aliphatic rings. The summed E-state index contributed by atoms with van der Waals surface area (Å²) < 4.78 is 0. The Morgan fingerprint density at radius 1 is 1.37 bits per heavy atom. The molecule has 0 saturated heterocycles. The van der Waals surface area contributed by atoms with Crippen LogP contribution in [0.15, 0.2) is 54.6 Å². The van der Waals surface area contributed by atoms with Crippen molar-refractivity contribution in [2.45, 2.75) is 20.4 Å². The molecule has 9 nitrogen and oxygen atoms in total. The van der Waals surface area contributed by atoms with Gasteiger partial charge in [-0.25, -0.2) is 9.78 Å². The molecular formula is C20H26ClN5O4. The first-order valence-electron chi connectivity index (χ1n) is 9.09. The summed E-state index contributed by atoms with van der Waals surface area (Å²) in [5, 5.41) is 22.4. The van der Waals surface area contributed by atoms with Crippen LogP contribution in [0.1, 0.15) is 18.1 Å². The number of aryl methyl sites for hydroxylation is 1. The smallest absolute Gasteiger partial charge is 0.411 e. The number of amides is 1. The second kappa shape index (κ2) is 12.3. The van der Waals surface area contributed by atoms with Crippen LogP contribution >= 0.6 is 11.6 Å². The number of benzene rings is 1. The molecule has 2 N–H and O–H groups in total. The van der Waals surface area contributed by atoms with E-state index in [0.29, 0.717) is 29.8 Å². The molecule has 0 radical (unpaired) electrons. The number of aromatic nitrogens is 1. The minimum absolute atomic E-state index is 0.427. The van der Waals surface area contributed by atoms with Gasteiger partial charge in [0, 0.05) is 39.1 Å². The van der Waals surface area contributed by atoms with E-state index in [1.807, 2.05) is 43.0 Å². The van der Waals surface area contributed by atoms with E-state index in [4.69, 9.17) is 16.7 Å². The van der Waals surface area contributed by atoms with Crippen molar-refractivity contribution in [3.8, 4) is 0 Å². The quantitative estimate of drug-likeness (QED) is 0.384. The van der Waals surface area contributed by atoms with Crippen molar-refractivity contribution in [1.29, 1.82) is 0 Å². The van der Waals surface area contributed by atoms with Gasteiger partial charge in [0.1, 0.15) is 5.15 Å². The number of nitrogens with zero attached hydrogens (tertiary/aromatic N) is 4. The lowest BCUT2D eigenvalue weighted by Crippen LogP contribution is -2.30. The molecule has 2 rings (SSSR count). The highest BCUT2D eigenvalue weighted by atomic mass is 35.5. The number of rotatable bonds is 7. The average Bonchev–Trinajstić information content (AvgIpc) is 2.71. The van der Waals surface area contributed by atoms with Crippen molar-refractivity contribution in [3.05, 3.63) is 81.0 Å². The Bertz CT molecular complexity index is 874. The van der Waals surface area contributed by atoms with Crippen molar-refractivity contribution in [1.82, 2.24) is 15.2 Å². The average molecular weight is 436 g/mol. The van der Waals surface area contributed by atoms with Gasteiger partial charge in [0.15, 0.2) is 5.82 Å². The Morgan fingerprint density at radius 3 is 2.53 bits per heavy atom. The van der Waals surface area contributed by atoms with Crippen molar-refractivity contribution >= 4 is 23.4 Å². The topological polar surface area (TPSA) is 112 Å². The molecule has 0 spiro atoms. The van der Waals surface area contributed by atoms with Gasteiger partial charge < -0.3 is 15.3 Å². The molecule has 162 valence electrons. The predicted molar refractivity (Wildman–Crippen MR) is 117 cm³/mol. The van der Waals surface area contributed by atoms with E-state index in [1.54, 1.807) is 25.4 Å². The maximum absolute atomic E-state index is 10.5. The summed E-state index contributed by atoms with van der Waals surface area (Å²) in [5.74, 6) is 0.456. The third kappa shape index (κ3) is 8.36. The summed E-state index contributed by atoms with van der Waals surface area (Å²) in [7, 11) is 3.18. The number of hydrogen-bond donors (Lipinski definition) is 2. The molecule has 0 bridgehead atoms. The van der Waals surface area contributed by atoms with E-state index in [2.05, 4.69) is 10.3 Å². The fourth-order valence-electron chi connectivity index (χ4n) is 2.44. The van der Waals surface area contributed by atoms with Crippen LogP contribution in [0.2, 0.25) is 5.15 Å². The van der Waals surface area contributed by atoms with Gasteiger partial charge in [0.05, 0.1) is 4.92 Å². The van der Waals surface area contributed by atoms with Gasteiger partial charge in [0.25, 0.3) is 6.20 Å². The molecule has 1 aromatic heterocycles. The van der Waals surface area contributed by atoms with Crippen LogP contribution in [0.4, 0.5) is 10.5 Å². The van der Waals surface area contributed by atoms with E-state index in [9.17, 15) is 14.9 Å². The van der Waals surface area contributed by atoms with E-state index < -0.39 is 11.0 Å². The number of carbonyl (C=O) groups is 1. The molecule has 0 saturated carbocycles. The third-order valence-electron chi connectivity index (χ3n) is 4.04. The zero-order valence-electron chi connectivity index (χ0n) is 17.4. The summed E-state index contributed by atoms with van der Waals surface area (Å²) in [5.41, 5.74) is 2.69. The van der Waals surface area contributed by atoms with Gasteiger partial charge in [-0.1, -0.05) is 29.8 Å². The van der Waals surface area contributed by atoms with Crippen molar-refractivity contribution in [3.63, 3.8) is 0 Å². The van der Waals surface area contributed by atoms with Crippen molar-refractivity contribution in [2.75, 3.05) is 25.5 Å². The lowest BCUT2D eigenvalue weighted by Gasteiger charge is -2.23. The zero-order chi connectivity index (χ0) is 22.7. The van der Waals surface area contributed by atoms with Crippen LogP contribution < -0.4 is 10.2 Å². The number of halogens is 1. The summed E-state index contributed by atoms with van der Waals surface area (Å²) in [6.07, 6.45) is 1.66. The Morgan fingerprint density at radius 2 is 2.07 bits per heavy atom. The molecule has 2 aromatic rings. The van der Waals surface area contributed by atoms with Crippen LogP contribution in [0.3, 0.4) is 0 Å². The standard InChI is InChI=1S/C11H15ClN4O2.C9H11NO2/c1-3-15(11(13-2)8-16(17)18)7-9-4-5-10(12)14-6-9;1-7-4-3-5-8(6-7)10(2)9(11)12/h4-6,8,13H,3,7H2,1-2H3;3-6H,1-2H3,(H,11,12). The third-order valence-corrected chi connectivity index (χ3v) is 4.27. The number of carboxylic acid groups (broad SMARTS) is 1. The fourth-order valence-corrected chi connectivity index (χ4v) is 2.55. The molecule has 0 aliphatic carbocycles. The molecule has 0 aliphatic heterocycles. The first-order chi connectivity index (χ1) is 14.2. The molecule has 0 fully saturated rings. The number of hydrogen-bond acceptors (Lipinski definition) is 6. The predicted octanol–water partition coefficient (Wildman–Crippen LogP) is 3.96. The van der Waals surface area contributed by atoms with Crippen molar-refractivity contribution in [2.24, 2.45) is 0 Å². The molecule has 10 heteroatoms. The Labute approximate surface area is 180 Å². The lowest BCUT2D eigenvalue weighted by molar-refractivity contribution is -0.404. The summed E-state index contributed by atoms with van der Waals surface area (Å²) in [6.45, 7) is 5.03. The molecule has 1 heterocycles. The van der Waals surface area contributed by atoms with Crippen molar-refractivity contribution < 1.29 is 14.8 Å². The highest BCUT2D eigenvalue weighted by molar-refractivity contribution is 6.29. The Balaban J connectivity index is 0.000000325. The van der Waals surface area contributed by atoms with E-state index in [1.165, 1.54) is 11.9 Å². The molecule has 0 unspecified atom stereocenters. The monoisotopic (exact) mass is 435 g/mol. The van der Waals surface area contributed by atoms with E-state index in [0.717, 1.165) is 17.3 Å². The Hall–Kier alpha value is -3.33. The molecule has 0 atom stereocenters. The number of anilines is 1. The SMILES string of the molecule is CCN(Cc1ccc(Cl)nc1)C(=C[N+](=O)[O-])NC.Cc1cccc(N(C)C(=O)O)c1. The highest BCUT2D eigenvalue weighted by Crippen LogP contribution is 2.14. The second-order valence-corrected chi connectivity index (χ2v) is 6.62. The first-order valence-corrected chi connectivity index (χ1v) is 9.47. The van der Waals surface area contributed by atoms with Gasteiger partial charge in [-0.15, -0.1) is 0 Å². The summed E-state index contributed by atoms with van der Waals surface area (Å²) in [6, 6.07) is 10.9. The highest BCUT2D eigenvalue weighted by Gasteiger charge is 2.11. The number of nitrogens with one attached hydrogen (secondary N) is 1. The fraction of sp³-hybridized carbons (Fsp3) is 0.300. The normalized spacial score (nSPS) is 10.5. The van der Waals surface area contributed by atoms with E-state index >= 15 is 0 Å². The van der Waals surface area contributed by atoms with Gasteiger partial charge in [-0.2, -0.15) is 0 Å². The van der Waals surface area contributed by atoms with Gasteiger partial charge >= 0.3 is 6.09 Å². The molecule has 30 heavy (non-hydrogen) atoms. The Kier molecular flexibility index (Phi) is 10.1. The zero-order valence-corrected chi connectivity index (χ0v) is 18.1. The largest absolute Gasteiger partial charge is 0.465 e. The maximum atomic E-state index is 10.5. The van der Waals surface area contributed by atoms with Crippen LogP contribution in [0.5, 0.6) is 0 Å². The van der Waals surface area contributed by atoms with Crippen LogP contribution in [0.25, 0.3) is 0 Å². The van der Waals surface area contributed by atoms with E-state index in [-0.39, 0.29) is 0 Å². The lowest BCUT2D eigenvalue weighted by atomic mass is 10.2. The van der Waals surface area contributed by atoms with Gasteiger partial charge in [-0.3, -0.25) is 15.0 Å².